The smallest absolute Gasteiger partial charge is 0.264 e. The number of primary amides is 1. The molecule has 7 aromatic rings. The zero-order chi connectivity index (χ0) is 95.0. The number of carbonyl (C=O) groups is 16. The summed E-state index contributed by atoms with van der Waals surface area (Å²) in [5.74, 6) is -16.4. The molecular weight excluding hydrogens is 1730 g/mol. The van der Waals surface area contributed by atoms with Gasteiger partial charge in [-0.15, -0.1) is 23.5 Å². The maximum absolute atomic E-state index is 15.9. The van der Waals surface area contributed by atoms with Crippen LogP contribution in [0.3, 0.4) is 0 Å². The third-order valence-electron chi connectivity index (χ3n) is 23.8. The number of hydrogen-bond acceptors (Lipinski definition) is 20. The molecule has 4 aliphatic rings. The van der Waals surface area contributed by atoms with Crippen molar-refractivity contribution in [3.05, 3.63) is 203 Å². The maximum Gasteiger partial charge on any atom is 0.264 e. The van der Waals surface area contributed by atoms with Crippen molar-refractivity contribution in [3.8, 4) is 11.5 Å². The predicted octanol–water partition coefficient (Wildman–Crippen LogP) is 2.63. The van der Waals surface area contributed by atoms with Gasteiger partial charge in [-0.05, 0) is 101 Å². The van der Waals surface area contributed by atoms with E-state index >= 15 is 52.7 Å². The number of hydrazine groups is 1. The number of thioether (sulfide) groups is 2. The highest BCUT2D eigenvalue weighted by atomic mass is 32.2. The number of fused-ring (bicyclic) bond motifs is 7. The van der Waals surface area contributed by atoms with Crippen LogP contribution in [-0.4, -0.2) is 263 Å². The number of nitrogens with zero attached hydrogens (tertiary/aromatic N) is 5. The molecule has 4 aliphatic heterocycles. The number of nitrogens with two attached hydrogens (primary N) is 1. The Kier molecular flexibility index (Phi) is 35.3. The number of amides is 16. The van der Waals surface area contributed by atoms with Gasteiger partial charge < -0.3 is 88.4 Å². The highest BCUT2D eigenvalue weighted by Gasteiger charge is 2.48. The fourth-order valence-electron chi connectivity index (χ4n) is 16.6. The number of unbranched alkanes of at least 4 members (excludes halogenated alkanes) is 1. The van der Waals surface area contributed by atoms with Gasteiger partial charge in [0.25, 0.3) is 5.91 Å². The third-order valence-corrected chi connectivity index (χ3v) is 25.9. The number of carbonyl (C=O) groups excluding carboxylic acids is 16. The van der Waals surface area contributed by atoms with E-state index in [1.807, 2.05) is 6.92 Å². The van der Waals surface area contributed by atoms with Crippen molar-refractivity contribution in [3.63, 3.8) is 0 Å². The fraction of sp³-hybridized carbons (Fsp3) is 0.432. The lowest BCUT2D eigenvalue weighted by Crippen LogP contribution is -2.64. The molecular formula is C95H117N17O18S2. The monoisotopic (exact) mass is 1850 g/mol. The Morgan fingerprint density at radius 2 is 1.01 bits per heavy atom. The number of phenolic OH excluding ortho intramolecular Hbond substituents is 2. The van der Waals surface area contributed by atoms with E-state index in [-0.39, 0.29) is 106 Å². The van der Waals surface area contributed by atoms with E-state index in [0.29, 0.717) is 57.1 Å². The molecule has 0 aliphatic carbocycles. The number of aromatic hydroxyl groups is 2. The minimum atomic E-state index is -1.75. The summed E-state index contributed by atoms with van der Waals surface area (Å²) in [4.78, 5) is 250. The number of H-pyrrole nitrogens is 1. The lowest BCUT2D eigenvalue weighted by atomic mass is 9.99. The molecule has 0 saturated carbocycles. The standard InChI is InChI=1S/C95H117N17O18S2/c1-8-9-30-75-94(129)111-54-132-52-78(111)90(125)103-70-48-80(116)107-112(95(130)82(56(4)5)106-87(70)122)76(45-58-24-15-11-16-25-58)89(124)104-72(44-61-34-38-64(114)39-35-61)92(127)110-40-21-31-74(110)88(123)102-69(47-62-49-97-66-29-20-19-28-65(62)66)86(121)101-68(42-60-32-36-63(113)37-33-60)85(120)100-67(41-55(2)3)84(119)105-73(83(118)98-50-79(96)115)51-131-53-81(117)99-71(43-57-22-13-10-14-23-57)91(126)109(7)77(93(128)108(75)6)46-59-26-17-12-18-27-59/h10-20,22-29,32-39,49,55-56,67-78,82,97,113-114H,8-9,21,30-31,40-48,50-54H2,1-7H3,(H2,96,115)(H,98,118)(H,99,117)(H,100,120)(H,101,121)(H,102,123)(H,103,125)(H,104,124)(H,105,119)(H,106,122)(H,107,116)/t67-,68-,69-,70-,71-,72-,73-,74+,75-,76-,77-,78+,82-/m0/s1. The molecule has 6 aromatic carbocycles. The van der Waals surface area contributed by atoms with Crippen LogP contribution >= 0.6 is 23.5 Å². The second-order valence-electron chi connectivity index (χ2n) is 34.5. The number of phenols is 2. The zero-order valence-corrected chi connectivity index (χ0v) is 76.5. The van der Waals surface area contributed by atoms with Gasteiger partial charge in [0.2, 0.25) is 88.6 Å². The first-order valence-corrected chi connectivity index (χ1v) is 46.7. The second kappa shape index (κ2) is 47.0. The van der Waals surface area contributed by atoms with Gasteiger partial charge in [-0.1, -0.05) is 181 Å². The molecule has 2 bridgehead atoms. The minimum absolute atomic E-state index is 0.0156. The Hall–Kier alpha value is -13.3. The molecule has 15 N–H and O–H groups in total. The van der Waals surface area contributed by atoms with Crippen molar-refractivity contribution in [2.24, 2.45) is 17.6 Å². The van der Waals surface area contributed by atoms with E-state index < -0.39 is 198 Å². The average Bonchev–Trinajstić information content (AvgIpc) is 1.28. The number of benzene rings is 6. The summed E-state index contributed by atoms with van der Waals surface area (Å²) in [6, 6.07) is 25.0. The first kappa shape index (κ1) is 99.3. The molecule has 0 radical (unpaired) electrons. The number of hydrogen-bond donors (Lipinski definition) is 14. The van der Waals surface area contributed by atoms with Crippen molar-refractivity contribution in [1.29, 1.82) is 0 Å². The summed E-state index contributed by atoms with van der Waals surface area (Å²) in [5.41, 5.74) is 11.8. The average molecular weight is 1850 g/mol. The summed E-state index contributed by atoms with van der Waals surface area (Å²) in [6.07, 6.45) is 0.572. The van der Waals surface area contributed by atoms with Crippen LogP contribution in [0, 0.1) is 11.8 Å². The number of para-hydroxylation sites is 1. The molecule has 702 valence electrons. The summed E-state index contributed by atoms with van der Waals surface area (Å²) < 4.78 is 0. The Bertz CT molecular complexity index is 5290. The first-order valence-electron chi connectivity index (χ1n) is 44.4. The number of aromatic nitrogens is 1. The molecule has 0 spiro atoms. The van der Waals surface area contributed by atoms with E-state index in [0.717, 1.165) is 16.8 Å². The molecule has 0 unspecified atom stereocenters. The van der Waals surface area contributed by atoms with Crippen molar-refractivity contribution >= 4 is 129 Å². The van der Waals surface area contributed by atoms with Gasteiger partial charge in [0.05, 0.1) is 24.6 Å². The Labute approximate surface area is 773 Å². The number of nitrogens with one attached hydrogen (secondary N) is 11. The number of likely N-dealkylation sites (N-methyl/N-ethyl adjacent to an activating group) is 2. The van der Waals surface area contributed by atoms with Gasteiger partial charge in [0, 0.05) is 87.8 Å². The minimum Gasteiger partial charge on any atom is -0.508 e. The fourth-order valence-corrected chi connectivity index (χ4v) is 18.6. The molecule has 35 nitrogen and oxygen atoms in total. The number of aromatic amines is 1. The first-order chi connectivity index (χ1) is 63.2. The quantitative estimate of drug-likeness (QED) is 0.0492. The Morgan fingerprint density at radius 1 is 0.485 bits per heavy atom. The van der Waals surface area contributed by atoms with Gasteiger partial charge in [-0.2, -0.15) is 0 Å². The van der Waals surface area contributed by atoms with Crippen LogP contribution in [0.2, 0.25) is 0 Å². The van der Waals surface area contributed by atoms with Crippen LogP contribution in [0.1, 0.15) is 113 Å². The highest BCUT2D eigenvalue weighted by molar-refractivity contribution is 8.00. The van der Waals surface area contributed by atoms with Crippen LogP contribution in [-0.2, 0) is 115 Å². The Balaban J connectivity index is 0.991. The van der Waals surface area contributed by atoms with Crippen molar-refractivity contribution < 1.29 is 86.9 Å². The van der Waals surface area contributed by atoms with Crippen LogP contribution < -0.4 is 59.0 Å². The topological polar surface area (TPSA) is 492 Å². The van der Waals surface area contributed by atoms with Crippen molar-refractivity contribution in [2.75, 3.05) is 50.3 Å². The molecule has 16 amide bonds. The molecule has 11 rings (SSSR count). The molecule has 4 fully saturated rings. The normalized spacial score (nSPS) is 24.0. The lowest BCUT2D eigenvalue weighted by molar-refractivity contribution is -0.152. The summed E-state index contributed by atoms with van der Waals surface area (Å²) in [5, 5.41) is 47.2. The van der Waals surface area contributed by atoms with E-state index in [4.69, 9.17) is 5.73 Å². The highest BCUT2D eigenvalue weighted by Crippen LogP contribution is 2.30. The van der Waals surface area contributed by atoms with E-state index in [2.05, 4.69) is 58.3 Å². The Morgan fingerprint density at radius 3 is 1.61 bits per heavy atom. The van der Waals surface area contributed by atoms with Gasteiger partial charge in [-0.25, -0.2) is 5.01 Å². The lowest BCUT2D eigenvalue weighted by Gasteiger charge is -2.37. The van der Waals surface area contributed by atoms with Crippen LogP contribution in [0.25, 0.3) is 10.9 Å². The second-order valence-corrected chi connectivity index (χ2v) is 36.5. The summed E-state index contributed by atoms with van der Waals surface area (Å²) in [7, 11) is 2.82. The van der Waals surface area contributed by atoms with Crippen LogP contribution in [0.5, 0.6) is 11.5 Å². The molecule has 37 heteroatoms. The molecule has 13 atom stereocenters. The largest absolute Gasteiger partial charge is 0.508 e. The predicted molar refractivity (Wildman–Crippen MR) is 494 cm³/mol. The van der Waals surface area contributed by atoms with E-state index in [1.165, 1.54) is 94.0 Å². The zero-order valence-electron chi connectivity index (χ0n) is 74.8. The summed E-state index contributed by atoms with van der Waals surface area (Å²) >= 11 is 2.05. The van der Waals surface area contributed by atoms with Gasteiger partial charge in [0.1, 0.15) is 90.0 Å². The van der Waals surface area contributed by atoms with E-state index in [9.17, 15) is 34.2 Å². The summed E-state index contributed by atoms with van der Waals surface area (Å²) in [6.45, 7) is 7.86. The van der Waals surface area contributed by atoms with E-state index in [1.54, 1.807) is 149 Å². The third kappa shape index (κ3) is 26.7. The van der Waals surface area contributed by atoms with Gasteiger partial charge >= 0.3 is 0 Å². The molecule has 4 saturated heterocycles. The van der Waals surface area contributed by atoms with Crippen molar-refractivity contribution in [2.45, 2.75) is 197 Å². The van der Waals surface area contributed by atoms with Crippen LogP contribution in [0.15, 0.2) is 170 Å². The molecule has 1 aromatic heterocycles. The SMILES string of the molecule is CCCC[C@H]1C(=O)N2CSC[C@@H]2C(=O)N[C@H]2CC(=O)NN(C(=O)[C@H](C(C)C)NC2=O)[C@@H](Cc2ccccc2)C(=O)N[C@@H](Cc2ccc(O)cc2)C(=O)N2CCC[C@@H]2C(=O)N[C@@H](Cc2c[nH]c3ccccc23)C(=O)N[C@@H](Cc2ccc(O)cc2)C(=O)N[C@@H](CC(C)C)C(=O)N[C@H](C(=O)NCC(N)=O)CSCC(=O)N[C@@H](Cc2ccccc2)C(=O)N(C)[C@@H](Cc2ccccc2)C(=O)N1C. The molecule has 5 heterocycles. The maximum atomic E-state index is 15.9. The van der Waals surface area contributed by atoms with Crippen LogP contribution in [0.4, 0.5) is 0 Å². The van der Waals surface area contributed by atoms with Gasteiger partial charge in [0.15, 0.2) is 0 Å². The van der Waals surface area contributed by atoms with Gasteiger partial charge in [-0.3, -0.25) is 82.1 Å². The van der Waals surface area contributed by atoms with Crippen molar-refractivity contribution in [1.82, 2.24) is 82.9 Å². The number of rotatable bonds is 21. The molecule has 132 heavy (non-hydrogen) atoms.